The van der Waals surface area contributed by atoms with Gasteiger partial charge in [0.15, 0.2) is 0 Å². The minimum atomic E-state index is -0.360. The number of hydrogen-bond acceptors (Lipinski definition) is 3. The first-order valence-corrected chi connectivity index (χ1v) is 5.84. The van der Waals surface area contributed by atoms with Gasteiger partial charge in [-0.3, -0.25) is 4.79 Å². The normalized spacial score (nSPS) is 34.2. The van der Waals surface area contributed by atoms with Crippen LogP contribution >= 0.6 is 12.4 Å². The zero-order chi connectivity index (χ0) is 10.7. The Morgan fingerprint density at radius 2 is 2.31 bits per heavy atom. The Balaban J connectivity index is 0.00000128. The Labute approximate surface area is 103 Å². The Morgan fingerprint density at radius 1 is 1.50 bits per heavy atom. The molecule has 94 valence electrons. The lowest BCUT2D eigenvalue weighted by Crippen LogP contribution is -2.58. The van der Waals surface area contributed by atoms with E-state index in [1.165, 1.54) is 6.42 Å². The highest BCUT2D eigenvalue weighted by Gasteiger charge is 2.35. The van der Waals surface area contributed by atoms with Gasteiger partial charge in [0.1, 0.15) is 0 Å². The van der Waals surface area contributed by atoms with Crippen molar-refractivity contribution < 1.29 is 9.53 Å². The van der Waals surface area contributed by atoms with E-state index in [4.69, 9.17) is 4.74 Å². The molecule has 2 heterocycles. The van der Waals surface area contributed by atoms with E-state index in [0.29, 0.717) is 6.61 Å². The lowest BCUT2D eigenvalue weighted by molar-refractivity contribution is -0.128. The summed E-state index contributed by atoms with van der Waals surface area (Å²) in [7, 11) is 0. The van der Waals surface area contributed by atoms with Gasteiger partial charge in [-0.15, -0.1) is 12.4 Å². The van der Waals surface area contributed by atoms with E-state index in [1.54, 1.807) is 0 Å². The molecule has 2 unspecified atom stereocenters. The van der Waals surface area contributed by atoms with Crippen LogP contribution in [0.4, 0.5) is 0 Å². The molecule has 4 nitrogen and oxygen atoms in total. The molecule has 2 atom stereocenters. The third-order valence-electron chi connectivity index (χ3n) is 3.38. The van der Waals surface area contributed by atoms with Crippen molar-refractivity contribution in [2.45, 2.75) is 44.2 Å². The number of carbonyl (C=O) groups excluding carboxylic acids is 1. The molecule has 0 aromatic carbocycles. The monoisotopic (exact) mass is 248 g/mol. The molecule has 1 amide bonds. The third kappa shape index (κ3) is 3.09. The molecule has 16 heavy (non-hydrogen) atoms. The molecule has 0 aromatic rings. The summed E-state index contributed by atoms with van der Waals surface area (Å²) in [6.07, 6.45) is 4.20. The highest BCUT2D eigenvalue weighted by molar-refractivity contribution is 5.86. The number of rotatable bonds is 2. The number of amides is 1. The summed E-state index contributed by atoms with van der Waals surface area (Å²) in [6, 6.07) is 0.220. The van der Waals surface area contributed by atoms with E-state index in [0.717, 1.165) is 32.4 Å². The first-order chi connectivity index (χ1) is 7.21. The van der Waals surface area contributed by atoms with Gasteiger partial charge < -0.3 is 15.4 Å². The first kappa shape index (κ1) is 13.7. The number of carbonyl (C=O) groups is 1. The largest absolute Gasteiger partial charge is 0.379 e. The maximum Gasteiger partial charge on any atom is 0.240 e. The summed E-state index contributed by atoms with van der Waals surface area (Å²) in [6.45, 7) is 4.39. The second kappa shape index (κ2) is 5.84. The molecule has 2 aliphatic heterocycles. The number of ether oxygens (including phenoxy) is 1. The van der Waals surface area contributed by atoms with Crippen molar-refractivity contribution in [2.75, 3.05) is 19.8 Å². The quantitative estimate of drug-likeness (QED) is 0.762. The summed E-state index contributed by atoms with van der Waals surface area (Å²) >= 11 is 0. The minimum Gasteiger partial charge on any atom is -0.379 e. The van der Waals surface area contributed by atoms with Gasteiger partial charge in [-0.1, -0.05) is 0 Å². The van der Waals surface area contributed by atoms with E-state index in [9.17, 15) is 4.79 Å². The topological polar surface area (TPSA) is 50.4 Å². The Bertz CT molecular complexity index is 236. The fraction of sp³-hybridized carbons (Fsp3) is 0.909. The van der Waals surface area contributed by atoms with Crippen LogP contribution in [0, 0.1) is 0 Å². The fourth-order valence-corrected chi connectivity index (χ4v) is 2.24. The van der Waals surface area contributed by atoms with Crippen molar-refractivity contribution in [3.63, 3.8) is 0 Å². The van der Waals surface area contributed by atoms with Gasteiger partial charge in [0.05, 0.1) is 18.2 Å². The van der Waals surface area contributed by atoms with Gasteiger partial charge in [-0.05, 0) is 39.2 Å². The molecule has 2 saturated heterocycles. The van der Waals surface area contributed by atoms with E-state index in [-0.39, 0.29) is 29.9 Å². The summed E-state index contributed by atoms with van der Waals surface area (Å²) in [5.74, 6) is 0.137. The second-order valence-electron chi connectivity index (χ2n) is 4.75. The minimum absolute atomic E-state index is 0. The van der Waals surface area contributed by atoms with Crippen molar-refractivity contribution >= 4 is 18.3 Å². The molecule has 0 aliphatic carbocycles. The van der Waals surface area contributed by atoms with Crippen molar-refractivity contribution in [3.8, 4) is 0 Å². The SMILES string of the molecule is CC1(C(=O)NC2CCOC2)CCCCN1.Cl. The van der Waals surface area contributed by atoms with E-state index < -0.39 is 0 Å². The Morgan fingerprint density at radius 3 is 2.88 bits per heavy atom. The zero-order valence-corrected chi connectivity index (χ0v) is 10.6. The lowest BCUT2D eigenvalue weighted by Gasteiger charge is -2.34. The molecule has 0 aromatic heterocycles. The molecule has 0 radical (unpaired) electrons. The summed E-state index contributed by atoms with van der Waals surface area (Å²) in [5.41, 5.74) is -0.360. The van der Waals surface area contributed by atoms with Crippen molar-refractivity contribution in [1.29, 1.82) is 0 Å². The average Bonchev–Trinajstić information content (AvgIpc) is 2.71. The summed E-state index contributed by atoms with van der Waals surface area (Å²) in [4.78, 5) is 12.0. The summed E-state index contributed by atoms with van der Waals surface area (Å²) < 4.78 is 5.24. The van der Waals surface area contributed by atoms with Gasteiger partial charge in [-0.25, -0.2) is 0 Å². The predicted octanol–water partition coefficient (Wildman–Crippen LogP) is 0.845. The highest BCUT2D eigenvalue weighted by atomic mass is 35.5. The maximum atomic E-state index is 12.0. The number of hydrogen-bond donors (Lipinski definition) is 2. The molecule has 2 rings (SSSR count). The molecule has 0 saturated carbocycles. The molecule has 2 N–H and O–H groups in total. The second-order valence-corrected chi connectivity index (χ2v) is 4.75. The average molecular weight is 249 g/mol. The van der Waals surface area contributed by atoms with Crippen molar-refractivity contribution in [2.24, 2.45) is 0 Å². The van der Waals surface area contributed by atoms with Crippen LogP contribution in [-0.2, 0) is 9.53 Å². The van der Waals surface area contributed by atoms with E-state index in [2.05, 4.69) is 10.6 Å². The molecular formula is C11H21ClN2O2. The van der Waals surface area contributed by atoms with E-state index >= 15 is 0 Å². The Kier molecular flexibility index (Phi) is 5.02. The van der Waals surface area contributed by atoms with Crippen LogP contribution in [0.25, 0.3) is 0 Å². The van der Waals surface area contributed by atoms with Gasteiger partial charge in [0, 0.05) is 6.61 Å². The van der Waals surface area contributed by atoms with Crippen LogP contribution in [0.15, 0.2) is 0 Å². The lowest BCUT2D eigenvalue weighted by atomic mass is 9.90. The standard InChI is InChI=1S/C11H20N2O2.ClH/c1-11(5-2-3-6-12-11)10(14)13-9-4-7-15-8-9;/h9,12H,2-8H2,1H3,(H,13,14);1H. The number of nitrogens with one attached hydrogen (secondary N) is 2. The first-order valence-electron chi connectivity index (χ1n) is 5.84. The molecule has 2 aliphatic rings. The number of piperidine rings is 1. The molecule has 0 spiro atoms. The van der Waals surface area contributed by atoms with Crippen LogP contribution in [0.3, 0.4) is 0 Å². The van der Waals surface area contributed by atoms with Crippen LogP contribution in [0.5, 0.6) is 0 Å². The van der Waals surface area contributed by atoms with Crippen LogP contribution in [0.1, 0.15) is 32.6 Å². The Hall–Kier alpha value is -0.320. The van der Waals surface area contributed by atoms with Crippen molar-refractivity contribution in [1.82, 2.24) is 10.6 Å². The third-order valence-corrected chi connectivity index (χ3v) is 3.38. The van der Waals surface area contributed by atoms with Gasteiger partial charge >= 0.3 is 0 Å². The van der Waals surface area contributed by atoms with E-state index in [1.807, 2.05) is 6.92 Å². The molecular weight excluding hydrogens is 228 g/mol. The molecule has 5 heteroatoms. The van der Waals surface area contributed by atoms with Gasteiger partial charge in [0.2, 0.25) is 5.91 Å². The summed E-state index contributed by atoms with van der Waals surface area (Å²) in [5, 5.41) is 6.38. The maximum absolute atomic E-state index is 12.0. The molecule has 2 fully saturated rings. The fourth-order valence-electron chi connectivity index (χ4n) is 2.24. The zero-order valence-electron chi connectivity index (χ0n) is 9.75. The van der Waals surface area contributed by atoms with Crippen LogP contribution in [0.2, 0.25) is 0 Å². The van der Waals surface area contributed by atoms with Crippen LogP contribution < -0.4 is 10.6 Å². The van der Waals surface area contributed by atoms with Gasteiger partial charge in [-0.2, -0.15) is 0 Å². The van der Waals surface area contributed by atoms with Gasteiger partial charge in [0.25, 0.3) is 0 Å². The smallest absolute Gasteiger partial charge is 0.240 e. The predicted molar refractivity (Wildman–Crippen MR) is 64.9 cm³/mol. The van der Waals surface area contributed by atoms with Crippen molar-refractivity contribution in [3.05, 3.63) is 0 Å². The highest BCUT2D eigenvalue weighted by Crippen LogP contribution is 2.19. The number of halogens is 1. The molecule has 0 bridgehead atoms. The van der Waals surface area contributed by atoms with Crippen LogP contribution in [-0.4, -0.2) is 37.2 Å².